The van der Waals surface area contributed by atoms with Gasteiger partial charge in [0.15, 0.2) is 0 Å². The quantitative estimate of drug-likeness (QED) is 0.488. The molecule has 0 aliphatic heterocycles. The van der Waals surface area contributed by atoms with Crippen LogP contribution < -0.4 is 5.32 Å². The summed E-state index contributed by atoms with van der Waals surface area (Å²) in [5.41, 5.74) is 2.39. The van der Waals surface area contributed by atoms with Crippen molar-refractivity contribution in [3.63, 3.8) is 0 Å². The van der Waals surface area contributed by atoms with Gasteiger partial charge in [-0.3, -0.25) is 0 Å². The van der Waals surface area contributed by atoms with Gasteiger partial charge in [-0.2, -0.15) is 0 Å². The molecule has 0 aromatic rings. The van der Waals surface area contributed by atoms with Crippen LogP contribution in [-0.2, 0) is 0 Å². The molecule has 0 spiro atoms. The molecule has 1 heteroatoms. The van der Waals surface area contributed by atoms with Crippen molar-refractivity contribution in [1.29, 1.82) is 0 Å². The lowest BCUT2D eigenvalue weighted by atomic mass is 10.1. The van der Waals surface area contributed by atoms with Crippen LogP contribution in [0.3, 0.4) is 0 Å². The Bertz CT molecular complexity index is 189. The summed E-state index contributed by atoms with van der Waals surface area (Å²) < 4.78 is 0. The zero-order valence-electron chi connectivity index (χ0n) is 8.35. The molecule has 1 atom stereocenters. The minimum absolute atomic E-state index is 0.389. The van der Waals surface area contributed by atoms with E-state index >= 15 is 0 Å². The summed E-state index contributed by atoms with van der Waals surface area (Å²) >= 11 is 0. The zero-order valence-corrected chi connectivity index (χ0v) is 8.35. The molecule has 68 valence electrons. The molecule has 0 rings (SSSR count). The molecular formula is C11H19N. The maximum absolute atomic E-state index is 3.91. The van der Waals surface area contributed by atoms with Gasteiger partial charge < -0.3 is 5.32 Å². The Morgan fingerprint density at radius 1 is 1.50 bits per heavy atom. The van der Waals surface area contributed by atoms with E-state index in [9.17, 15) is 0 Å². The standard InChI is InChI=1S/C11H19N/c1-6-10(4)7-8-11(12-5)9(2)3/h6-7,11-12H,1-2,8H2,3-5H3/b10-7-. The highest BCUT2D eigenvalue weighted by Gasteiger charge is 2.02. The van der Waals surface area contributed by atoms with Gasteiger partial charge in [-0.05, 0) is 27.3 Å². The maximum Gasteiger partial charge on any atom is 0.0306 e. The third kappa shape index (κ3) is 4.14. The van der Waals surface area contributed by atoms with Gasteiger partial charge in [0.25, 0.3) is 0 Å². The molecule has 0 aromatic carbocycles. The summed E-state index contributed by atoms with van der Waals surface area (Å²) in [6.07, 6.45) is 5.03. The lowest BCUT2D eigenvalue weighted by Gasteiger charge is -2.13. The summed E-state index contributed by atoms with van der Waals surface area (Å²) in [7, 11) is 1.95. The van der Waals surface area contributed by atoms with Crippen molar-refractivity contribution in [3.05, 3.63) is 36.5 Å². The molecule has 0 amide bonds. The maximum atomic E-state index is 3.91. The minimum Gasteiger partial charge on any atom is -0.313 e. The molecule has 0 saturated carbocycles. The second kappa shape index (κ2) is 5.78. The van der Waals surface area contributed by atoms with Crippen LogP contribution in [0.2, 0.25) is 0 Å². The first-order valence-corrected chi connectivity index (χ1v) is 4.23. The first kappa shape index (κ1) is 11.2. The van der Waals surface area contributed by atoms with Crippen LogP contribution in [0.5, 0.6) is 0 Å². The normalized spacial score (nSPS) is 14.1. The molecular weight excluding hydrogens is 146 g/mol. The predicted molar refractivity (Wildman–Crippen MR) is 56.2 cm³/mol. The molecule has 1 nitrogen and oxygen atoms in total. The predicted octanol–water partition coefficient (Wildman–Crippen LogP) is 2.67. The molecule has 0 aliphatic carbocycles. The highest BCUT2D eigenvalue weighted by atomic mass is 14.9. The number of nitrogens with one attached hydrogen (secondary N) is 1. The van der Waals surface area contributed by atoms with E-state index in [-0.39, 0.29) is 0 Å². The van der Waals surface area contributed by atoms with Gasteiger partial charge in [0.1, 0.15) is 0 Å². The molecule has 0 aromatic heterocycles. The molecule has 0 radical (unpaired) electrons. The second-order valence-corrected chi connectivity index (χ2v) is 3.08. The van der Waals surface area contributed by atoms with Crippen LogP contribution in [0.25, 0.3) is 0 Å². The number of rotatable bonds is 5. The molecule has 1 N–H and O–H groups in total. The van der Waals surface area contributed by atoms with E-state index in [1.807, 2.05) is 20.0 Å². The highest BCUT2D eigenvalue weighted by Crippen LogP contribution is 2.06. The average molecular weight is 165 g/mol. The van der Waals surface area contributed by atoms with E-state index in [0.717, 1.165) is 6.42 Å². The monoisotopic (exact) mass is 165 g/mol. The SMILES string of the molecule is C=C/C(C)=C\CC(NC)C(=C)C. The number of hydrogen-bond acceptors (Lipinski definition) is 1. The van der Waals surface area contributed by atoms with Crippen LogP contribution in [-0.4, -0.2) is 13.1 Å². The van der Waals surface area contributed by atoms with Gasteiger partial charge in [-0.15, -0.1) is 0 Å². The zero-order chi connectivity index (χ0) is 9.56. The van der Waals surface area contributed by atoms with Gasteiger partial charge >= 0.3 is 0 Å². The summed E-state index contributed by atoms with van der Waals surface area (Å²) in [5.74, 6) is 0. The Labute approximate surface area is 75.9 Å². The van der Waals surface area contributed by atoms with Crippen LogP contribution in [0.15, 0.2) is 36.5 Å². The van der Waals surface area contributed by atoms with Crippen LogP contribution in [0, 0.1) is 0 Å². The van der Waals surface area contributed by atoms with Crippen molar-refractivity contribution in [2.75, 3.05) is 7.05 Å². The second-order valence-electron chi connectivity index (χ2n) is 3.08. The minimum atomic E-state index is 0.389. The van der Waals surface area contributed by atoms with Gasteiger partial charge in [0.2, 0.25) is 0 Å². The first-order valence-electron chi connectivity index (χ1n) is 4.23. The van der Waals surface area contributed by atoms with E-state index in [2.05, 4.69) is 31.5 Å². The summed E-state index contributed by atoms with van der Waals surface area (Å²) in [5, 5.41) is 3.20. The van der Waals surface area contributed by atoms with Crippen molar-refractivity contribution in [3.8, 4) is 0 Å². The Kier molecular flexibility index (Phi) is 5.39. The molecule has 0 saturated heterocycles. The summed E-state index contributed by atoms with van der Waals surface area (Å²) in [6.45, 7) is 11.7. The van der Waals surface area contributed by atoms with Crippen LogP contribution in [0.1, 0.15) is 20.3 Å². The lowest BCUT2D eigenvalue weighted by Crippen LogP contribution is -2.25. The fraction of sp³-hybridized carbons (Fsp3) is 0.455. The van der Waals surface area contributed by atoms with Gasteiger partial charge in [0.05, 0.1) is 0 Å². The van der Waals surface area contributed by atoms with E-state index in [1.54, 1.807) is 0 Å². The smallest absolute Gasteiger partial charge is 0.0306 e. The van der Waals surface area contributed by atoms with Crippen molar-refractivity contribution in [1.82, 2.24) is 5.32 Å². The molecule has 0 fully saturated rings. The van der Waals surface area contributed by atoms with Gasteiger partial charge in [0, 0.05) is 6.04 Å². The van der Waals surface area contributed by atoms with E-state index < -0.39 is 0 Å². The van der Waals surface area contributed by atoms with E-state index in [4.69, 9.17) is 0 Å². The Balaban J connectivity index is 4.04. The molecule has 0 aliphatic rings. The van der Waals surface area contributed by atoms with Crippen LogP contribution >= 0.6 is 0 Å². The van der Waals surface area contributed by atoms with Crippen molar-refractivity contribution in [2.24, 2.45) is 0 Å². The third-order valence-corrected chi connectivity index (χ3v) is 1.94. The number of hydrogen-bond donors (Lipinski definition) is 1. The van der Waals surface area contributed by atoms with Gasteiger partial charge in [-0.1, -0.05) is 36.5 Å². The Morgan fingerprint density at radius 2 is 2.08 bits per heavy atom. The largest absolute Gasteiger partial charge is 0.313 e. The molecule has 0 bridgehead atoms. The molecule has 12 heavy (non-hydrogen) atoms. The number of likely N-dealkylation sites (N-methyl/N-ethyl adjacent to an activating group) is 1. The van der Waals surface area contributed by atoms with Crippen molar-refractivity contribution < 1.29 is 0 Å². The van der Waals surface area contributed by atoms with Gasteiger partial charge in [-0.25, -0.2) is 0 Å². The van der Waals surface area contributed by atoms with E-state index in [1.165, 1.54) is 11.1 Å². The lowest BCUT2D eigenvalue weighted by molar-refractivity contribution is 0.644. The van der Waals surface area contributed by atoms with Crippen molar-refractivity contribution in [2.45, 2.75) is 26.3 Å². The average Bonchev–Trinajstić information content (AvgIpc) is 2.04. The summed E-state index contributed by atoms with van der Waals surface area (Å²) in [6, 6.07) is 0.389. The number of allylic oxidation sites excluding steroid dienone is 2. The molecule has 0 heterocycles. The van der Waals surface area contributed by atoms with Crippen LogP contribution in [0.4, 0.5) is 0 Å². The first-order chi connectivity index (χ1) is 5.61. The fourth-order valence-electron chi connectivity index (χ4n) is 0.953. The van der Waals surface area contributed by atoms with E-state index in [0.29, 0.717) is 6.04 Å². The fourth-order valence-corrected chi connectivity index (χ4v) is 0.953. The summed E-state index contributed by atoms with van der Waals surface area (Å²) in [4.78, 5) is 0. The molecule has 1 unspecified atom stereocenters. The van der Waals surface area contributed by atoms with Crippen molar-refractivity contribution >= 4 is 0 Å². The Morgan fingerprint density at radius 3 is 2.42 bits per heavy atom. The Hall–Kier alpha value is -0.820. The highest BCUT2D eigenvalue weighted by molar-refractivity contribution is 5.15. The topological polar surface area (TPSA) is 12.0 Å². The third-order valence-electron chi connectivity index (χ3n) is 1.94.